The summed E-state index contributed by atoms with van der Waals surface area (Å²) in [6.07, 6.45) is 4.17. The van der Waals surface area contributed by atoms with E-state index in [1.54, 1.807) is 23.5 Å². The zero-order chi connectivity index (χ0) is 16.2. The minimum atomic E-state index is 0.786. The Labute approximate surface area is 151 Å². The molecule has 0 radical (unpaired) electrons. The standard InChI is InChI=1S/C20H17ClS2/c1-22-17-8-3-14(4-9-17)16-7-12-19(20(21)13-16)15-5-10-18(23-2)11-6-15/h3-13H,1-2H3. The molecule has 0 aliphatic carbocycles. The van der Waals surface area contributed by atoms with Crippen LogP contribution in [0.4, 0.5) is 0 Å². The lowest BCUT2D eigenvalue weighted by Crippen LogP contribution is -1.83. The topological polar surface area (TPSA) is 0 Å². The van der Waals surface area contributed by atoms with E-state index in [9.17, 15) is 0 Å². The van der Waals surface area contributed by atoms with Gasteiger partial charge in [-0.2, -0.15) is 0 Å². The molecule has 0 atom stereocenters. The fourth-order valence-electron chi connectivity index (χ4n) is 2.48. The molecule has 116 valence electrons. The summed E-state index contributed by atoms with van der Waals surface area (Å²) in [5, 5.41) is 0.786. The molecule has 0 saturated carbocycles. The second-order valence-corrected chi connectivity index (χ2v) is 7.32. The smallest absolute Gasteiger partial charge is 0.0490 e. The average Bonchev–Trinajstić information content (AvgIpc) is 2.62. The van der Waals surface area contributed by atoms with Crippen LogP contribution in [0.3, 0.4) is 0 Å². The van der Waals surface area contributed by atoms with Crippen molar-refractivity contribution in [1.82, 2.24) is 0 Å². The Morgan fingerprint density at radius 2 is 1.09 bits per heavy atom. The van der Waals surface area contributed by atoms with Crippen molar-refractivity contribution in [1.29, 1.82) is 0 Å². The number of benzene rings is 3. The summed E-state index contributed by atoms with van der Waals surface area (Å²) in [5.41, 5.74) is 4.56. The predicted octanol–water partition coefficient (Wildman–Crippen LogP) is 7.12. The minimum absolute atomic E-state index is 0.786. The molecule has 0 unspecified atom stereocenters. The molecule has 0 aliphatic rings. The third kappa shape index (κ3) is 3.77. The molecule has 3 aromatic carbocycles. The van der Waals surface area contributed by atoms with Crippen LogP contribution in [-0.2, 0) is 0 Å². The zero-order valence-corrected chi connectivity index (χ0v) is 15.4. The van der Waals surface area contributed by atoms with E-state index in [1.807, 2.05) is 6.07 Å². The van der Waals surface area contributed by atoms with Crippen molar-refractivity contribution < 1.29 is 0 Å². The maximum Gasteiger partial charge on any atom is 0.0490 e. The van der Waals surface area contributed by atoms with Crippen LogP contribution in [0.2, 0.25) is 5.02 Å². The lowest BCUT2D eigenvalue weighted by molar-refractivity contribution is 1.45. The molecule has 0 N–H and O–H groups in total. The van der Waals surface area contributed by atoms with E-state index in [0.717, 1.165) is 21.7 Å². The minimum Gasteiger partial charge on any atom is -0.130 e. The normalized spacial score (nSPS) is 10.7. The Bertz CT molecular complexity index is 793. The van der Waals surface area contributed by atoms with Gasteiger partial charge >= 0.3 is 0 Å². The maximum absolute atomic E-state index is 6.54. The summed E-state index contributed by atoms with van der Waals surface area (Å²) < 4.78 is 0. The second-order valence-electron chi connectivity index (χ2n) is 5.15. The first-order chi connectivity index (χ1) is 11.2. The summed E-state index contributed by atoms with van der Waals surface area (Å²) in [5.74, 6) is 0. The third-order valence-corrected chi connectivity index (χ3v) is 5.59. The van der Waals surface area contributed by atoms with Gasteiger partial charge in [-0.25, -0.2) is 0 Å². The average molecular weight is 357 g/mol. The number of halogens is 1. The third-order valence-electron chi connectivity index (χ3n) is 3.79. The molecular formula is C20H17ClS2. The molecule has 0 aliphatic heterocycles. The van der Waals surface area contributed by atoms with E-state index in [2.05, 4.69) is 73.2 Å². The van der Waals surface area contributed by atoms with E-state index in [4.69, 9.17) is 11.6 Å². The molecule has 0 fully saturated rings. The molecule has 0 saturated heterocycles. The van der Waals surface area contributed by atoms with Gasteiger partial charge in [-0.05, 0) is 59.5 Å². The van der Waals surface area contributed by atoms with Gasteiger partial charge in [0.25, 0.3) is 0 Å². The van der Waals surface area contributed by atoms with Crippen LogP contribution in [0, 0.1) is 0 Å². The maximum atomic E-state index is 6.54. The van der Waals surface area contributed by atoms with Gasteiger partial charge in [0.2, 0.25) is 0 Å². The van der Waals surface area contributed by atoms with E-state index in [0.29, 0.717) is 0 Å². The summed E-state index contributed by atoms with van der Waals surface area (Å²) in [6.45, 7) is 0. The predicted molar refractivity (Wildman–Crippen MR) is 106 cm³/mol. The van der Waals surface area contributed by atoms with Crippen molar-refractivity contribution in [2.75, 3.05) is 12.5 Å². The highest BCUT2D eigenvalue weighted by atomic mass is 35.5. The van der Waals surface area contributed by atoms with Crippen LogP contribution >= 0.6 is 35.1 Å². The largest absolute Gasteiger partial charge is 0.130 e. The van der Waals surface area contributed by atoms with Crippen LogP contribution in [0.1, 0.15) is 0 Å². The van der Waals surface area contributed by atoms with Gasteiger partial charge in [0.05, 0.1) is 0 Å². The summed E-state index contributed by atoms with van der Waals surface area (Å²) in [6, 6.07) is 23.4. The van der Waals surface area contributed by atoms with Crippen LogP contribution in [0.5, 0.6) is 0 Å². The number of thioether (sulfide) groups is 2. The molecule has 3 rings (SSSR count). The van der Waals surface area contributed by atoms with Crippen molar-refractivity contribution in [3.63, 3.8) is 0 Å². The molecule has 0 amide bonds. The van der Waals surface area contributed by atoms with E-state index < -0.39 is 0 Å². The first-order valence-corrected chi connectivity index (χ1v) is 10.1. The number of hydrogen-bond donors (Lipinski definition) is 0. The quantitative estimate of drug-likeness (QED) is 0.456. The number of hydrogen-bond acceptors (Lipinski definition) is 2. The van der Waals surface area contributed by atoms with Crippen LogP contribution < -0.4 is 0 Å². The second kappa shape index (κ2) is 7.48. The van der Waals surface area contributed by atoms with E-state index in [-0.39, 0.29) is 0 Å². The Morgan fingerprint density at radius 3 is 1.57 bits per heavy atom. The van der Waals surface area contributed by atoms with Gasteiger partial charge in [0, 0.05) is 20.4 Å². The van der Waals surface area contributed by atoms with Crippen molar-refractivity contribution >= 4 is 35.1 Å². The molecule has 0 aromatic heterocycles. The van der Waals surface area contributed by atoms with Gasteiger partial charge in [0.15, 0.2) is 0 Å². The Morgan fingerprint density at radius 1 is 0.609 bits per heavy atom. The molecule has 3 aromatic rings. The van der Waals surface area contributed by atoms with Crippen LogP contribution in [-0.4, -0.2) is 12.5 Å². The highest BCUT2D eigenvalue weighted by Crippen LogP contribution is 2.33. The van der Waals surface area contributed by atoms with E-state index >= 15 is 0 Å². The van der Waals surface area contributed by atoms with Crippen molar-refractivity contribution in [2.24, 2.45) is 0 Å². The van der Waals surface area contributed by atoms with E-state index in [1.165, 1.54) is 15.4 Å². The molecule has 3 heteroatoms. The van der Waals surface area contributed by atoms with Crippen LogP contribution in [0.15, 0.2) is 76.5 Å². The highest BCUT2D eigenvalue weighted by Gasteiger charge is 2.06. The Balaban J connectivity index is 1.92. The SMILES string of the molecule is CSc1ccc(-c2ccc(-c3ccc(SC)cc3)c(Cl)c2)cc1. The Kier molecular flexibility index (Phi) is 5.37. The monoisotopic (exact) mass is 356 g/mol. The molecule has 0 heterocycles. The van der Waals surface area contributed by atoms with Crippen molar-refractivity contribution in [3.8, 4) is 22.3 Å². The summed E-state index contributed by atoms with van der Waals surface area (Å²) in [7, 11) is 0. The van der Waals surface area contributed by atoms with Crippen LogP contribution in [0.25, 0.3) is 22.3 Å². The first-order valence-electron chi connectivity index (χ1n) is 7.29. The molecule has 23 heavy (non-hydrogen) atoms. The number of rotatable bonds is 4. The van der Waals surface area contributed by atoms with Crippen molar-refractivity contribution in [3.05, 3.63) is 71.8 Å². The van der Waals surface area contributed by atoms with Crippen molar-refractivity contribution in [2.45, 2.75) is 9.79 Å². The molecular weight excluding hydrogens is 340 g/mol. The molecule has 0 nitrogen and oxygen atoms in total. The van der Waals surface area contributed by atoms with Gasteiger partial charge in [0.1, 0.15) is 0 Å². The van der Waals surface area contributed by atoms with Gasteiger partial charge in [-0.3, -0.25) is 0 Å². The Hall–Kier alpha value is -1.35. The molecule has 0 spiro atoms. The van der Waals surface area contributed by atoms with Gasteiger partial charge < -0.3 is 0 Å². The fraction of sp³-hybridized carbons (Fsp3) is 0.100. The lowest BCUT2D eigenvalue weighted by atomic mass is 10.0. The van der Waals surface area contributed by atoms with Gasteiger partial charge in [-0.1, -0.05) is 48.0 Å². The fourth-order valence-corrected chi connectivity index (χ4v) is 3.59. The zero-order valence-electron chi connectivity index (χ0n) is 13.0. The lowest BCUT2D eigenvalue weighted by Gasteiger charge is -2.09. The molecule has 0 bridgehead atoms. The first kappa shape index (κ1) is 16.5. The summed E-state index contributed by atoms with van der Waals surface area (Å²) in [4.78, 5) is 2.53. The summed E-state index contributed by atoms with van der Waals surface area (Å²) >= 11 is 10.0. The van der Waals surface area contributed by atoms with Gasteiger partial charge in [-0.15, -0.1) is 23.5 Å². The highest BCUT2D eigenvalue weighted by molar-refractivity contribution is 7.98.